The lowest BCUT2D eigenvalue weighted by Gasteiger charge is -2.20. The fraction of sp³-hybridized carbons (Fsp3) is 0.385. The number of ether oxygens (including phenoxy) is 2. The van der Waals surface area contributed by atoms with Gasteiger partial charge in [0.05, 0.1) is 25.8 Å². The zero-order valence-electron chi connectivity index (χ0n) is 10.6. The summed E-state index contributed by atoms with van der Waals surface area (Å²) in [6, 6.07) is 7.61. The second-order valence-corrected chi connectivity index (χ2v) is 5.18. The molecule has 1 aromatic carbocycles. The maximum Gasteiger partial charge on any atom is 0.245 e. The van der Waals surface area contributed by atoms with Crippen molar-refractivity contribution < 1.29 is 14.3 Å². The zero-order valence-corrected chi connectivity index (χ0v) is 12.1. The summed E-state index contributed by atoms with van der Waals surface area (Å²) in [4.78, 5) is 11.7. The molecular weight excluding hydrogens is 312 g/mol. The Labute approximate surface area is 120 Å². The molecule has 0 unspecified atom stereocenters. The smallest absolute Gasteiger partial charge is 0.245 e. The summed E-state index contributed by atoms with van der Waals surface area (Å²) < 4.78 is 11.6. The van der Waals surface area contributed by atoms with Crippen LogP contribution in [0.1, 0.15) is 18.9 Å². The van der Waals surface area contributed by atoms with E-state index in [1.54, 1.807) is 13.1 Å². The number of halogens is 1. The monoisotopic (exact) mass is 326 g/mol. The molecule has 1 fully saturated rings. The van der Waals surface area contributed by atoms with E-state index in [1.165, 1.54) is 0 Å². The lowest BCUT2D eigenvalue weighted by Crippen LogP contribution is -2.33. The van der Waals surface area contributed by atoms with Crippen LogP contribution in [-0.4, -0.2) is 31.1 Å². The van der Waals surface area contributed by atoms with Gasteiger partial charge in [0.25, 0.3) is 0 Å². The standard InChI is InChI=1S/C13H15BrN2O3/c1-13(18-6-7-19-13)8-12(17)16-15-9-10-4-2-3-5-11(10)14/h2-5,9H,6-8H2,1H3,(H,16,17)/b15-9-. The molecule has 1 aliphatic rings. The highest BCUT2D eigenvalue weighted by Crippen LogP contribution is 2.22. The quantitative estimate of drug-likeness (QED) is 0.680. The summed E-state index contributed by atoms with van der Waals surface area (Å²) in [6.07, 6.45) is 1.71. The molecule has 1 saturated heterocycles. The van der Waals surface area contributed by atoms with Crippen LogP contribution in [0, 0.1) is 0 Å². The molecule has 0 spiro atoms. The van der Waals surface area contributed by atoms with Crippen LogP contribution in [0.15, 0.2) is 33.8 Å². The molecule has 0 aliphatic carbocycles. The Morgan fingerprint density at radius 2 is 2.16 bits per heavy atom. The second-order valence-electron chi connectivity index (χ2n) is 4.32. The summed E-state index contributed by atoms with van der Waals surface area (Å²) >= 11 is 3.40. The molecule has 6 heteroatoms. The Balaban J connectivity index is 1.85. The summed E-state index contributed by atoms with van der Waals surface area (Å²) in [5, 5.41) is 3.91. The van der Waals surface area contributed by atoms with Gasteiger partial charge < -0.3 is 9.47 Å². The van der Waals surface area contributed by atoms with Crippen LogP contribution in [0.5, 0.6) is 0 Å². The molecule has 1 aromatic rings. The van der Waals surface area contributed by atoms with Gasteiger partial charge in [0.1, 0.15) is 0 Å². The van der Waals surface area contributed by atoms with Crippen LogP contribution in [-0.2, 0) is 14.3 Å². The minimum Gasteiger partial charge on any atom is -0.347 e. The van der Waals surface area contributed by atoms with Gasteiger partial charge in [0, 0.05) is 10.0 Å². The molecule has 0 atom stereocenters. The van der Waals surface area contributed by atoms with Crippen LogP contribution >= 0.6 is 15.9 Å². The molecule has 1 heterocycles. The highest BCUT2D eigenvalue weighted by Gasteiger charge is 2.33. The molecule has 19 heavy (non-hydrogen) atoms. The van der Waals surface area contributed by atoms with Crippen molar-refractivity contribution in [1.29, 1.82) is 0 Å². The van der Waals surface area contributed by atoms with E-state index in [4.69, 9.17) is 9.47 Å². The zero-order chi connectivity index (χ0) is 13.7. The maximum atomic E-state index is 11.7. The van der Waals surface area contributed by atoms with E-state index in [2.05, 4.69) is 26.5 Å². The molecule has 2 rings (SSSR count). The van der Waals surface area contributed by atoms with Gasteiger partial charge in [0.15, 0.2) is 5.79 Å². The highest BCUT2D eigenvalue weighted by atomic mass is 79.9. The molecule has 0 aromatic heterocycles. The average molecular weight is 327 g/mol. The number of rotatable bonds is 4. The number of carbonyl (C=O) groups is 1. The van der Waals surface area contributed by atoms with Crippen molar-refractivity contribution in [2.24, 2.45) is 5.10 Å². The Bertz CT molecular complexity index is 485. The van der Waals surface area contributed by atoms with Gasteiger partial charge in [-0.2, -0.15) is 5.10 Å². The van der Waals surface area contributed by atoms with Gasteiger partial charge in [-0.1, -0.05) is 34.1 Å². The number of nitrogens with one attached hydrogen (secondary N) is 1. The van der Waals surface area contributed by atoms with Crippen molar-refractivity contribution in [3.05, 3.63) is 34.3 Å². The lowest BCUT2D eigenvalue weighted by atomic mass is 10.2. The van der Waals surface area contributed by atoms with Crippen molar-refractivity contribution in [1.82, 2.24) is 5.43 Å². The predicted octanol–water partition coefficient (Wildman–Crippen LogP) is 2.05. The minimum absolute atomic E-state index is 0.125. The lowest BCUT2D eigenvalue weighted by molar-refractivity contribution is -0.159. The number of benzene rings is 1. The van der Waals surface area contributed by atoms with Crippen molar-refractivity contribution >= 4 is 28.1 Å². The minimum atomic E-state index is -0.826. The molecule has 1 amide bonds. The third kappa shape index (κ3) is 4.12. The number of nitrogens with zero attached hydrogens (tertiary/aromatic N) is 1. The summed E-state index contributed by atoms with van der Waals surface area (Å²) in [5.74, 6) is -1.07. The van der Waals surface area contributed by atoms with E-state index in [0.717, 1.165) is 10.0 Å². The number of amides is 1. The Morgan fingerprint density at radius 3 is 2.84 bits per heavy atom. The molecule has 5 nitrogen and oxygen atoms in total. The largest absolute Gasteiger partial charge is 0.347 e. The third-order valence-electron chi connectivity index (χ3n) is 2.68. The maximum absolute atomic E-state index is 11.7. The van der Waals surface area contributed by atoms with E-state index in [9.17, 15) is 4.79 Å². The fourth-order valence-electron chi connectivity index (χ4n) is 1.74. The molecule has 1 N–H and O–H groups in total. The molecule has 1 aliphatic heterocycles. The summed E-state index contributed by atoms with van der Waals surface area (Å²) in [6.45, 7) is 2.78. The van der Waals surface area contributed by atoms with Gasteiger partial charge in [-0.15, -0.1) is 0 Å². The highest BCUT2D eigenvalue weighted by molar-refractivity contribution is 9.10. The molecule has 102 valence electrons. The van der Waals surface area contributed by atoms with Crippen LogP contribution in [0.2, 0.25) is 0 Å². The van der Waals surface area contributed by atoms with Crippen LogP contribution in [0.3, 0.4) is 0 Å². The summed E-state index contributed by atoms with van der Waals surface area (Å²) in [7, 11) is 0. The third-order valence-corrected chi connectivity index (χ3v) is 3.40. The number of hydrogen-bond donors (Lipinski definition) is 1. The normalized spacial score (nSPS) is 17.8. The fourth-order valence-corrected chi connectivity index (χ4v) is 2.13. The Hall–Kier alpha value is -1.24. The first-order chi connectivity index (χ1) is 9.09. The SMILES string of the molecule is CC1(CC(=O)N/N=C\c2ccccc2Br)OCCO1. The average Bonchev–Trinajstić information content (AvgIpc) is 2.78. The molecular formula is C13H15BrN2O3. The molecule has 0 bridgehead atoms. The first-order valence-electron chi connectivity index (χ1n) is 5.93. The van der Waals surface area contributed by atoms with Gasteiger partial charge in [0.2, 0.25) is 5.91 Å². The number of carbonyl (C=O) groups excluding carboxylic acids is 1. The number of hydrogen-bond acceptors (Lipinski definition) is 4. The summed E-state index contributed by atoms with van der Waals surface area (Å²) in [5.41, 5.74) is 3.35. The van der Waals surface area contributed by atoms with E-state index < -0.39 is 5.79 Å². The van der Waals surface area contributed by atoms with E-state index >= 15 is 0 Å². The van der Waals surface area contributed by atoms with Crippen molar-refractivity contribution in [2.45, 2.75) is 19.1 Å². The van der Waals surface area contributed by atoms with E-state index in [1.807, 2.05) is 24.3 Å². The number of hydrazone groups is 1. The van der Waals surface area contributed by atoms with Crippen LogP contribution < -0.4 is 5.43 Å². The Kier molecular flexibility index (Phi) is 4.68. The van der Waals surface area contributed by atoms with Gasteiger partial charge in [-0.3, -0.25) is 4.79 Å². The van der Waals surface area contributed by atoms with E-state index in [0.29, 0.717) is 13.2 Å². The second kappa shape index (κ2) is 6.27. The van der Waals surface area contributed by atoms with Crippen LogP contribution in [0.25, 0.3) is 0 Å². The van der Waals surface area contributed by atoms with Gasteiger partial charge in [-0.05, 0) is 13.0 Å². The van der Waals surface area contributed by atoms with Gasteiger partial charge in [-0.25, -0.2) is 5.43 Å². The van der Waals surface area contributed by atoms with Crippen molar-refractivity contribution in [2.75, 3.05) is 13.2 Å². The molecule has 0 saturated carbocycles. The van der Waals surface area contributed by atoms with Crippen molar-refractivity contribution in [3.8, 4) is 0 Å². The van der Waals surface area contributed by atoms with Crippen molar-refractivity contribution in [3.63, 3.8) is 0 Å². The first kappa shape index (κ1) is 14.2. The molecule has 0 radical (unpaired) electrons. The van der Waals surface area contributed by atoms with Crippen LogP contribution in [0.4, 0.5) is 0 Å². The van der Waals surface area contributed by atoms with Gasteiger partial charge >= 0.3 is 0 Å². The topological polar surface area (TPSA) is 59.9 Å². The predicted molar refractivity (Wildman–Crippen MR) is 74.8 cm³/mol. The van der Waals surface area contributed by atoms with E-state index in [-0.39, 0.29) is 12.3 Å². The first-order valence-corrected chi connectivity index (χ1v) is 6.73. The Morgan fingerprint density at radius 1 is 1.47 bits per heavy atom.